The summed E-state index contributed by atoms with van der Waals surface area (Å²) >= 11 is 11.9. The van der Waals surface area contributed by atoms with Gasteiger partial charge in [0.25, 0.3) is 0 Å². The number of hydrogen-bond donors (Lipinski definition) is 1. The summed E-state index contributed by atoms with van der Waals surface area (Å²) in [4.78, 5) is 13.0. The lowest BCUT2D eigenvalue weighted by molar-refractivity contribution is -0.116. The first-order valence-corrected chi connectivity index (χ1v) is 11.8. The molecule has 0 aliphatic rings. The van der Waals surface area contributed by atoms with Crippen molar-refractivity contribution in [2.45, 2.75) is 16.3 Å². The molecule has 0 unspecified atom stereocenters. The van der Waals surface area contributed by atoms with Crippen LogP contribution >= 0.6 is 23.2 Å². The van der Waals surface area contributed by atoms with Gasteiger partial charge < -0.3 is 14.6 Å². The zero-order valence-corrected chi connectivity index (χ0v) is 19.2. The maximum atomic E-state index is 13.3. The van der Waals surface area contributed by atoms with Crippen molar-refractivity contribution in [1.82, 2.24) is 4.57 Å². The van der Waals surface area contributed by atoms with Gasteiger partial charge in [-0.25, -0.2) is 8.42 Å². The van der Waals surface area contributed by atoms with Crippen LogP contribution in [-0.4, -0.2) is 26.0 Å². The molecule has 164 valence electrons. The van der Waals surface area contributed by atoms with Crippen molar-refractivity contribution in [2.24, 2.45) is 0 Å². The molecule has 0 radical (unpaired) electrons. The first kappa shape index (κ1) is 22.2. The van der Waals surface area contributed by atoms with E-state index in [1.54, 1.807) is 47.0 Å². The maximum Gasteiger partial charge on any atom is 0.244 e. The van der Waals surface area contributed by atoms with Gasteiger partial charge >= 0.3 is 0 Å². The zero-order chi connectivity index (χ0) is 22.9. The number of halogens is 2. The van der Waals surface area contributed by atoms with Crippen LogP contribution in [0.25, 0.3) is 10.9 Å². The number of aromatic nitrogens is 1. The van der Waals surface area contributed by atoms with Crippen molar-refractivity contribution in [1.29, 1.82) is 0 Å². The van der Waals surface area contributed by atoms with Gasteiger partial charge in [-0.15, -0.1) is 0 Å². The van der Waals surface area contributed by atoms with E-state index in [0.29, 0.717) is 32.4 Å². The predicted molar refractivity (Wildman–Crippen MR) is 125 cm³/mol. The van der Waals surface area contributed by atoms with Crippen molar-refractivity contribution in [3.63, 3.8) is 0 Å². The van der Waals surface area contributed by atoms with E-state index < -0.39 is 9.84 Å². The van der Waals surface area contributed by atoms with Gasteiger partial charge in [-0.2, -0.15) is 0 Å². The lowest BCUT2D eigenvalue weighted by Crippen LogP contribution is -2.18. The second-order valence-electron chi connectivity index (χ2n) is 6.99. The molecule has 0 saturated heterocycles. The first-order valence-electron chi connectivity index (χ1n) is 9.51. The van der Waals surface area contributed by atoms with E-state index in [9.17, 15) is 13.2 Å². The highest BCUT2D eigenvalue weighted by molar-refractivity contribution is 7.91. The van der Waals surface area contributed by atoms with Crippen LogP contribution in [-0.2, 0) is 21.2 Å². The average molecular weight is 489 g/mol. The fourth-order valence-corrected chi connectivity index (χ4v) is 5.20. The molecule has 0 saturated carbocycles. The third kappa shape index (κ3) is 4.32. The molecule has 1 aromatic heterocycles. The Labute approximate surface area is 195 Å². The monoisotopic (exact) mass is 488 g/mol. The molecule has 0 bridgehead atoms. The fourth-order valence-electron chi connectivity index (χ4n) is 3.42. The van der Waals surface area contributed by atoms with Gasteiger partial charge in [-0.1, -0.05) is 41.4 Å². The Kier molecular flexibility index (Phi) is 6.15. The Morgan fingerprint density at radius 3 is 2.41 bits per heavy atom. The summed E-state index contributed by atoms with van der Waals surface area (Å²) in [6, 6.07) is 17.9. The number of para-hydroxylation sites is 1. The molecule has 6 nitrogen and oxygen atoms in total. The zero-order valence-electron chi connectivity index (χ0n) is 16.9. The summed E-state index contributed by atoms with van der Waals surface area (Å²) in [6.45, 7) is -0.105. The average Bonchev–Trinajstić information content (AvgIpc) is 3.13. The van der Waals surface area contributed by atoms with Crippen molar-refractivity contribution in [3.8, 4) is 5.75 Å². The predicted octanol–water partition coefficient (Wildman–Crippen LogP) is 5.43. The number of nitrogens with one attached hydrogen (secondary N) is 1. The number of ether oxygens (including phenoxy) is 1. The molecule has 3 aromatic carbocycles. The summed E-state index contributed by atoms with van der Waals surface area (Å²) < 4.78 is 33.4. The number of nitrogens with zero attached hydrogens (tertiary/aromatic N) is 1. The van der Waals surface area contributed by atoms with Gasteiger partial charge in [-0.05, 0) is 48.5 Å². The molecule has 1 heterocycles. The van der Waals surface area contributed by atoms with E-state index in [4.69, 9.17) is 27.9 Å². The highest BCUT2D eigenvalue weighted by Crippen LogP contribution is 2.31. The minimum absolute atomic E-state index is 0.105. The Morgan fingerprint density at radius 1 is 1.00 bits per heavy atom. The third-order valence-electron chi connectivity index (χ3n) is 4.92. The molecule has 0 spiro atoms. The molecule has 0 atom stereocenters. The molecule has 4 aromatic rings. The fraction of sp³-hybridized carbons (Fsp3) is 0.0870. The number of anilines is 1. The smallest absolute Gasteiger partial charge is 0.244 e. The number of sulfone groups is 1. The SMILES string of the molecule is COc1ccc(Cl)cc1NC(=O)Cn1cc(S(=O)(=O)c2ccc(Cl)cc2)c2ccccc21. The minimum Gasteiger partial charge on any atom is -0.495 e. The normalized spacial score (nSPS) is 11.5. The highest BCUT2D eigenvalue weighted by Gasteiger charge is 2.24. The summed E-state index contributed by atoms with van der Waals surface area (Å²) in [7, 11) is -2.33. The number of methoxy groups -OCH3 is 1. The van der Waals surface area contributed by atoms with Gasteiger partial charge in [0.15, 0.2) is 0 Å². The van der Waals surface area contributed by atoms with E-state index in [1.807, 2.05) is 0 Å². The van der Waals surface area contributed by atoms with Gasteiger partial charge in [0, 0.05) is 27.1 Å². The Morgan fingerprint density at radius 2 is 1.69 bits per heavy atom. The lowest BCUT2D eigenvalue weighted by Gasteiger charge is -2.11. The largest absolute Gasteiger partial charge is 0.495 e. The van der Waals surface area contributed by atoms with Crippen molar-refractivity contribution in [3.05, 3.63) is 83.0 Å². The Balaban J connectivity index is 1.70. The van der Waals surface area contributed by atoms with Crippen molar-refractivity contribution >= 4 is 55.5 Å². The summed E-state index contributed by atoms with van der Waals surface area (Å²) in [5, 5.41) is 4.18. The van der Waals surface area contributed by atoms with Gasteiger partial charge in [-0.3, -0.25) is 4.79 Å². The topological polar surface area (TPSA) is 77.4 Å². The number of benzene rings is 3. The number of carbonyl (C=O) groups is 1. The molecule has 0 aliphatic carbocycles. The van der Waals surface area contributed by atoms with Crippen LogP contribution in [0, 0.1) is 0 Å². The van der Waals surface area contributed by atoms with Crippen LogP contribution in [0.2, 0.25) is 10.0 Å². The summed E-state index contributed by atoms with van der Waals surface area (Å²) in [5.74, 6) is 0.105. The van der Waals surface area contributed by atoms with Gasteiger partial charge in [0.2, 0.25) is 15.7 Å². The number of carbonyl (C=O) groups excluding carboxylic acids is 1. The third-order valence-corrected chi connectivity index (χ3v) is 7.20. The van der Waals surface area contributed by atoms with Crippen LogP contribution in [0.4, 0.5) is 5.69 Å². The molecule has 1 N–H and O–H groups in total. The molecular formula is C23H18Cl2N2O4S. The molecule has 9 heteroatoms. The van der Waals surface area contributed by atoms with Crippen LogP contribution in [0.5, 0.6) is 5.75 Å². The lowest BCUT2D eigenvalue weighted by atomic mass is 10.2. The summed E-state index contributed by atoms with van der Waals surface area (Å²) in [5.41, 5.74) is 1.05. The quantitative estimate of drug-likeness (QED) is 0.392. The number of amides is 1. The molecule has 1 amide bonds. The number of hydrogen-bond acceptors (Lipinski definition) is 4. The van der Waals surface area contributed by atoms with E-state index in [-0.39, 0.29) is 22.2 Å². The van der Waals surface area contributed by atoms with E-state index in [0.717, 1.165) is 0 Å². The van der Waals surface area contributed by atoms with Crippen molar-refractivity contribution < 1.29 is 17.9 Å². The Bertz CT molecular complexity index is 1410. The summed E-state index contributed by atoms with van der Waals surface area (Å²) in [6.07, 6.45) is 1.48. The van der Waals surface area contributed by atoms with E-state index in [1.165, 1.54) is 37.6 Å². The molecule has 0 fully saturated rings. The molecule has 4 rings (SSSR count). The molecule has 32 heavy (non-hydrogen) atoms. The molecule has 0 aliphatic heterocycles. The van der Waals surface area contributed by atoms with Gasteiger partial charge in [0.05, 0.1) is 22.6 Å². The maximum absolute atomic E-state index is 13.3. The Hall–Kier alpha value is -3.00. The van der Waals surface area contributed by atoms with Gasteiger partial charge in [0.1, 0.15) is 12.3 Å². The van der Waals surface area contributed by atoms with Crippen LogP contribution in [0.1, 0.15) is 0 Å². The van der Waals surface area contributed by atoms with E-state index in [2.05, 4.69) is 5.32 Å². The molecular weight excluding hydrogens is 471 g/mol. The number of rotatable bonds is 6. The van der Waals surface area contributed by atoms with Crippen LogP contribution < -0.4 is 10.1 Å². The van der Waals surface area contributed by atoms with Crippen molar-refractivity contribution in [2.75, 3.05) is 12.4 Å². The van der Waals surface area contributed by atoms with Crippen LogP contribution in [0.3, 0.4) is 0 Å². The standard InChI is InChI=1S/C23H18Cl2N2O4S/c1-31-21-11-8-16(25)12-19(21)26-23(28)14-27-13-22(18-4-2-3-5-20(18)27)32(29,30)17-9-6-15(24)7-10-17/h2-13H,14H2,1H3,(H,26,28). The highest BCUT2D eigenvalue weighted by atomic mass is 35.5. The van der Waals surface area contributed by atoms with Crippen LogP contribution in [0.15, 0.2) is 82.7 Å². The first-order chi connectivity index (χ1) is 15.3. The number of fused-ring (bicyclic) bond motifs is 1. The second kappa shape index (κ2) is 8.86. The van der Waals surface area contributed by atoms with E-state index >= 15 is 0 Å². The minimum atomic E-state index is -3.82. The second-order valence-corrected chi connectivity index (χ2v) is 9.78.